The summed E-state index contributed by atoms with van der Waals surface area (Å²) in [6.07, 6.45) is -1.46. The average molecular weight is 895 g/mol. The lowest BCUT2D eigenvalue weighted by Gasteiger charge is -2.26. The van der Waals surface area contributed by atoms with E-state index in [2.05, 4.69) is 31.8 Å². The molecule has 0 spiro atoms. The van der Waals surface area contributed by atoms with Crippen molar-refractivity contribution in [2.45, 2.75) is 29.4 Å². The van der Waals surface area contributed by atoms with E-state index in [0.717, 1.165) is 21.2 Å². The van der Waals surface area contributed by atoms with Crippen molar-refractivity contribution in [2.24, 2.45) is 0 Å². The molecule has 0 aliphatic rings. The second-order valence-electron chi connectivity index (χ2n) is 13.6. The summed E-state index contributed by atoms with van der Waals surface area (Å²) in [5.74, 6) is 0.686. The van der Waals surface area contributed by atoms with E-state index in [9.17, 15) is 23.6 Å². The number of tetrazole rings is 1. The summed E-state index contributed by atoms with van der Waals surface area (Å²) in [6, 6.07) is 30.5. The van der Waals surface area contributed by atoms with Crippen LogP contribution in [0.4, 0.5) is 4.79 Å². The van der Waals surface area contributed by atoms with Gasteiger partial charge in [0, 0.05) is 25.2 Å². The molecule has 0 radical (unpaired) electrons. The lowest BCUT2D eigenvalue weighted by Crippen LogP contribution is -2.33. The fourth-order valence-corrected chi connectivity index (χ4v) is 11.1. The molecule has 5 aromatic carbocycles. The van der Waals surface area contributed by atoms with Gasteiger partial charge >= 0.3 is 6.09 Å². The van der Waals surface area contributed by atoms with Gasteiger partial charge in [0.05, 0.1) is 54.3 Å². The van der Waals surface area contributed by atoms with Gasteiger partial charge in [-0.1, -0.05) is 54.6 Å². The molecule has 7 aromatic rings. The molecule has 0 atom stereocenters. The Morgan fingerprint density at radius 1 is 0.806 bits per heavy atom. The van der Waals surface area contributed by atoms with Gasteiger partial charge in [-0.15, -0.1) is 21.5 Å². The first-order valence-electron chi connectivity index (χ1n) is 18.7. The fraction of sp³-hybridized carbons (Fsp3) is 0.190. The maximum absolute atomic E-state index is 15.8. The number of hydrogen-bond donors (Lipinski definition) is 2. The van der Waals surface area contributed by atoms with Crippen molar-refractivity contribution in [3.05, 3.63) is 125 Å². The number of methoxy groups -OCH3 is 3. The SMILES string of the molecule is COc1ccc(CN(Cc2ccc(OC)cc2)S(=O)(=O)c2c(S(=O)(=O)CCNC(=O)O)ccc(-c3cccc4sc(C#N)nc34)c2-c2nnn(Cc3ccc(OC)cc3)n2)cc1. The van der Waals surface area contributed by atoms with E-state index < -0.39 is 48.0 Å². The first-order chi connectivity index (χ1) is 29.8. The molecule has 7 rings (SSSR count). The van der Waals surface area contributed by atoms with Crippen LogP contribution in [-0.2, 0) is 39.5 Å². The summed E-state index contributed by atoms with van der Waals surface area (Å²) in [4.78, 5) is 15.9. The van der Waals surface area contributed by atoms with Crippen molar-refractivity contribution in [2.75, 3.05) is 33.6 Å². The summed E-state index contributed by atoms with van der Waals surface area (Å²) in [5.41, 5.74) is 2.57. The third-order valence-electron chi connectivity index (χ3n) is 9.70. The zero-order valence-electron chi connectivity index (χ0n) is 33.4. The van der Waals surface area contributed by atoms with Gasteiger partial charge in [-0.05, 0) is 76.0 Å². The molecule has 17 nitrogen and oxygen atoms in total. The largest absolute Gasteiger partial charge is 0.497 e. The third kappa shape index (κ3) is 9.35. The van der Waals surface area contributed by atoms with E-state index in [1.54, 1.807) is 98.1 Å². The third-order valence-corrected chi connectivity index (χ3v) is 14.4. The quantitative estimate of drug-likeness (QED) is 0.107. The summed E-state index contributed by atoms with van der Waals surface area (Å²) in [5, 5.41) is 34.6. The maximum Gasteiger partial charge on any atom is 0.404 e. The molecule has 20 heteroatoms. The molecule has 0 saturated carbocycles. The summed E-state index contributed by atoms with van der Waals surface area (Å²) in [7, 11) is -5.00. The standard InChI is InChI=1S/C42H38N8O9S3/c1-57-30-13-7-27(8-14-30)24-49(25-28-9-15-31(58-2)16-10-28)62(55,56)40-36(61(53,54)22-21-44-42(51)52)20-19-33(34-5-4-6-35-39(34)45-37(23-43)60-35)38(40)41-46-48-50(47-41)26-29-11-17-32(59-3)18-12-29/h4-20,44H,21-22,24-26H2,1-3H3,(H,51,52). The zero-order chi connectivity index (χ0) is 44.0. The summed E-state index contributed by atoms with van der Waals surface area (Å²) in [6.45, 7) is -0.901. The van der Waals surface area contributed by atoms with Crippen LogP contribution in [0, 0.1) is 11.3 Å². The van der Waals surface area contributed by atoms with Gasteiger partial charge in [0.25, 0.3) is 0 Å². The second kappa shape index (κ2) is 18.4. The number of thiazole rings is 1. The number of amides is 1. The van der Waals surface area contributed by atoms with Crippen LogP contribution in [0.5, 0.6) is 17.2 Å². The fourth-order valence-electron chi connectivity index (χ4n) is 6.66. The minimum Gasteiger partial charge on any atom is -0.497 e. The van der Waals surface area contributed by atoms with Gasteiger partial charge in [-0.25, -0.2) is 26.6 Å². The van der Waals surface area contributed by atoms with E-state index in [1.165, 1.54) is 31.1 Å². The Labute approximate surface area is 360 Å². The molecule has 2 aromatic heterocycles. The zero-order valence-corrected chi connectivity index (χ0v) is 35.9. The summed E-state index contributed by atoms with van der Waals surface area (Å²) >= 11 is 1.13. The van der Waals surface area contributed by atoms with Gasteiger partial charge in [0.15, 0.2) is 14.8 Å². The number of ether oxygens (including phenoxy) is 3. The lowest BCUT2D eigenvalue weighted by atomic mass is 9.98. The first-order valence-corrected chi connectivity index (χ1v) is 22.6. The van der Waals surface area contributed by atoms with Crippen LogP contribution in [-0.4, -0.2) is 91.2 Å². The number of hydrogen-bond acceptors (Lipinski definition) is 14. The number of nitrogens with one attached hydrogen (secondary N) is 1. The van der Waals surface area contributed by atoms with Crippen LogP contribution < -0.4 is 19.5 Å². The molecular formula is C42H38N8O9S3. The first kappa shape index (κ1) is 43.2. The highest BCUT2D eigenvalue weighted by molar-refractivity contribution is 7.93. The van der Waals surface area contributed by atoms with Gasteiger partial charge in [0.1, 0.15) is 28.2 Å². The van der Waals surface area contributed by atoms with Crippen molar-refractivity contribution in [3.63, 3.8) is 0 Å². The Morgan fingerprint density at radius 2 is 1.39 bits per heavy atom. The van der Waals surface area contributed by atoms with Crippen LogP contribution in [0.15, 0.2) is 113 Å². The molecule has 2 N–H and O–H groups in total. The van der Waals surface area contributed by atoms with E-state index >= 15 is 8.42 Å². The molecule has 0 aliphatic carbocycles. The van der Waals surface area contributed by atoms with Gasteiger partial charge in [-0.2, -0.15) is 14.4 Å². The number of fused-ring (bicyclic) bond motifs is 1. The lowest BCUT2D eigenvalue weighted by molar-refractivity contribution is 0.195. The molecule has 62 heavy (non-hydrogen) atoms. The Kier molecular flexibility index (Phi) is 12.8. The molecule has 0 fully saturated rings. The Hall–Kier alpha value is -6.92. The molecule has 0 saturated heterocycles. The van der Waals surface area contributed by atoms with E-state index in [4.69, 9.17) is 14.2 Å². The highest BCUT2D eigenvalue weighted by Gasteiger charge is 2.38. The molecule has 1 amide bonds. The molecule has 318 valence electrons. The Bertz CT molecular complexity index is 2960. The number of sulfone groups is 1. The number of carboxylic acid groups (broad SMARTS) is 1. The number of aromatic nitrogens is 5. The maximum atomic E-state index is 15.8. The monoisotopic (exact) mass is 894 g/mol. The van der Waals surface area contributed by atoms with Gasteiger partial charge in [-0.3, -0.25) is 0 Å². The number of nitriles is 1. The van der Waals surface area contributed by atoms with Crippen LogP contribution in [0.2, 0.25) is 0 Å². The van der Waals surface area contributed by atoms with Crippen molar-refractivity contribution < 1.29 is 40.9 Å². The Balaban J connectivity index is 1.51. The topological polar surface area (TPSA) is 229 Å². The number of rotatable bonds is 17. The number of para-hydroxylation sites is 1. The van der Waals surface area contributed by atoms with Gasteiger partial charge in [0.2, 0.25) is 15.8 Å². The smallest absolute Gasteiger partial charge is 0.404 e. The van der Waals surface area contributed by atoms with Crippen molar-refractivity contribution in [3.8, 4) is 45.8 Å². The predicted molar refractivity (Wildman–Crippen MR) is 229 cm³/mol. The Morgan fingerprint density at radius 3 is 1.94 bits per heavy atom. The number of sulfonamides is 1. The van der Waals surface area contributed by atoms with Crippen LogP contribution in [0.1, 0.15) is 21.7 Å². The molecule has 0 bridgehead atoms. The van der Waals surface area contributed by atoms with Gasteiger partial charge < -0.3 is 24.6 Å². The van der Waals surface area contributed by atoms with Crippen molar-refractivity contribution >= 4 is 47.5 Å². The minimum absolute atomic E-state index is 0.0987. The predicted octanol–water partition coefficient (Wildman–Crippen LogP) is 5.99. The molecule has 0 unspecified atom stereocenters. The molecular weight excluding hydrogens is 857 g/mol. The number of nitrogens with zero attached hydrogens (tertiary/aromatic N) is 7. The van der Waals surface area contributed by atoms with E-state index in [0.29, 0.717) is 44.2 Å². The van der Waals surface area contributed by atoms with Crippen LogP contribution in [0.25, 0.3) is 32.7 Å². The van der Waals surface area contributed by atoms with Crippen molar-refractivity contribution in [1.82, 2.24) is 34.8 Å². The molecule has 2 heterocycles. The highest BCUT2D eigenvalue weighted by Crippen LogP contribution is 2.44. The summed E-state index contributed by atoms with van der Waals surface area (Å²) < 4.78 is 78.4. The van der Waals surface area contributed by atoms with E-state index in [1.807, 2.05) is 0 Å². The second-order valence-corrected chi connectivity index (χ2v) is 18.6. The molecule has 0 aliphatic heterocycles. The average Bonchev–Trinajstić information content (AvgIpc) is 3.93. The van der Waals surface area contributed by atoms with E-state index in [-0.39, 0.29) is 41.6 Å². The highest BCUT2D eigenvalue weighted by atomic mass is 32.2. The van der Waals surface area contributed by atoms with Crippen LogP contribution in [0.3, 0.4) is 0 Å². The number of carbonyl (C=O) groups is 1. The van der Waals surface area contributed by atoms with Crippen molar-refractivity contribution in [1.29, 1.82) is 5.26 Å². The number of benzene rings is 5. The van der Waals surface area contributed by atoms with Crippen LogP contribution >= 0.6 is 11.3 Å². The minimum atomic E-state index is -4.95. The normalized spacial score (nSPS) is 11.7.